The number of benzene rings is 13. The molecule has 2 aliphatic rings. The quantitative estimate of drug-likeness (QED) is 0.134. The van der Waals surface area contributed by atoms with Crippen molar-refractivity contribution >= 4 is 79.1 Å². The fourth-order valence-electron chi connectivity index (χ4n) is 13.7. The van der Waals surface area contributed by atoms with Gasteiger partial charge in [0.25, 0.3) is 0 Å². The van der Waals surface area contributed by atoms with Crippen LogP contribution in [0, 0.1) is 0 Å². The number of nitrogens with zero attached hydrogens (tertiary/aromatic N) is 6. The van der Waals surface area contributed by atoms with E-state index in [2.05, 4.69) is 288 Å². The highest BCUT2D eigenvalue weighted by atomic mass is 16.4. The molecule has 8 nitrogen and oxygen atoms in total. The minimum Gasteiger partial charge on any atom is -0.436 e. The molecule has 15 aromatic rings. The summed E-state index contributed by atoms with van der Waals surface area (Å²) in [4.78, 5) is 19.4. The summed E-state index contributed by atoms with van der Waals surface area (Å²) in [5.74, 6) is 1.13. The fourth-order valence-corrected chi connectivity index (χ4v) is 13.7. The first-order chi connectivity index (χ1) is 44.5. The van der Waals surface area contributed by atoms with E-state index in [0.717, 1.165) is 157 Å². The number of rotatable bonds is 10. The van der Waals surface area contributed by atoms with Crippen molar-refractivity contribution in [2.45, 2.75) is 0 Å². The highest BCUT2D eigenvalue weighted by Gasteiger charge is 2.33. The molecular weight excluding hydrogens is 1100 g/mol. The van der Waals surface area contributed by atoms with Gasteiger partial charge >= 0.3 is 0 Å². The van der Waals surface area contributed by atoms with Crippen LogP contribution in [0.4, 0.5) is 56.9 Å². The zero-order chi connectivity index (χ0) is 59.8. The van der Waals surface area contributed by atoms with E-state index in [1.54, 1.807) is 0 Å². The van der Waals surface area contributed by atoms with Crippen LogP contribution in [0.5, 0.6) is 0 Å². The third-order valence-corrected chi connectivity index (χ3v) is 17.8. The molecule has 426 valence electrons. The van der Waals surface area contributed by atoms with Gasteiger partial charge in [-0.25, -0.2) is 9.97 Å². The number of hydrogen-bond acceptors (Lipinski definition) is 8. The molecule has 0 atom stereocenters. The molecule has 0 unspecified atom stereocenters. The van der Waals surface area contributed by atoms with Crippen molar-refractivity contribution in [1.82, 2.24) is 9.97 Å². The highest BCUT2D eigenvalue weighted by Crippen LogP contribution is 2.59. The summed E-state index contributed by atoms with van der Waals surface area (Å²) in [6.45, 7) is 0. The third kappa shape index (κ3) is 8.67. The summed E-state index contributed by atoms with van der Waals surface area (Å²) in [6, 6.07) is 109. The largest absolute Gasteiger partial charge is 0.436 e. The van der Waals surface area contributed by atoms with Crippen LogP contribution in [0.25, 0.3) is 112 Å². The molecule has 0 radical (unpaired) electrons. The summed E-state index contributed by atoms with van der Waals surface area (Å²) in [6.07, 6.45) is 0. The lowest BCUT2D eigenvalue weighted by molar-refractivity contribution is 0.619. The van der Waals surface area contributed by atoms with E-state index in [0.29, 0.717) is 11.8 Å². The Hall–Kier alpha value is -12.0. The van der Waals surface area contributed by atoms with Crippen molar-refractivity contribution in [3.63, 3.8) is 0 Å². The Balaban J connectivity index is 1.01. The first-order valence-corrected chi connectivity index (χ1v) is 30.4. The number of hydrogen-bond donors (Lipinski definition) is 0. The zero-order valence-electron chi connectivity index (χ0n) is 49.4. The molecule has 0 fully saturated rings. The second-order valence-electron chi connectivity index (χ2n) is 23.0. The van der Waals surface area contributed by atoms with Gasteiger partial charge in [0.15, 0.2) is 11.2 Å². The molecule has 8 heteroatoms. The van der Waals surface area contributed by atoms with Crippen LogP contribution in [0.3, 0.4) is 0 Å². The summed E-state index contributed by atoms with van der Waals surface area (Å²) in [5.41, 5.74) is 28.5. The van der Waals surface area contributed by atoms with Crippen molar-refractivity contribution in [3.05, 3.63) is 303 Å². The normalized spacial score (nSPS) is 12.5. The molecule has 0 amide bonds. The highest BCUT2D eigenvalue weighted by molar-refractivity contribution is 6.16. The van der Waals surface area contributed by atoms with Crippen LogP contribution in [0.1, 0.15) is 0 Å². The predicted octanol–water partition coefficient (Wildman–Crippen LogP) is 22.4. The van der Waals surface area contributed by atoms with Gasteiger partial charge in [-0.1, -0.05) is 182 Å². The van der Waals surface area contributed by atoms with Gasteiger partial charge in [-0.2, -0.15) is 0 Å². The smallest absolute Gasteiger partial charge is 0.227 e. The zero-order valence-corrected chi connectivity index (χ0v) is 49.4. The lowest BCUT2D eigenvalue weighted by atomic mass is 9.74. The van der Waals surface area contributed by atoms with Gasteiger partial charge in [-0.05, 0) is 188 Å². The van der Waals surface area contributed by atoms with Crippen molar-refractivity contribution in [2.75, 3.05) is 33.7 Å². The summed E-state index contributed by atoms with van der Waals surface area (Å²) >= 11 is 0. The van der Waals surface area contributed by atoms with E-state index in [9.17, 15) is 0 Å². The number of fused-ring (bicyclic) bond motifs is 6. The van der Waals surface area contributed by atoms with E-state index in [1.807, 2.05) is 48.5 Å². The maximum Gasteiger partial charge on any atom is 0.227 e. The molecule has 0 saturated carbocycles. The number of aromatic nitrogens is 2. The third-order valence-electron chi connectivity index (χ3n) is 17.8. The van der Waals surface area contributed by atoms with Crippen LogP contribution in [-0.4, -0.2) is 24.1 Å². The average molecular weight is 1160 g/mol. The summed E-state index contributed by atoms with van der Waals surface area (Å²) in [5, 5.41) is 0. The standard InChI is InChI=1S/C82H56N6O2/c1-85-65-33-11-15-37-69(65)87(70-38-16-12-34-66(70)85)61-29-21-27-59(51-61)79-76(54-25-7-4-8-26-54)75(53-23-5-3-6-24-53)77(55-43-47-57(48-44-55)81-83-63-31-9-19-41-73(63)89-81)78(56-45-49-58(50-46-56)82-84-64-32-10-20-42-74(64)90-82)80(79)60-28-22-30-62(52-60)88-71-39-17-13-35-67(71)86(2)68-36-14-18-40-72(68)88/h3-52H,1-2H3. The summed E-state index contributed by atoms with van der Waals surface area (Å²) < 4.78 is 12.9. The second kappa shape index (κ2) is 21.4. The SMILES string of the molecule is CN1c2ccccc2N(c2cccc(-c3c(-c4ccccc4)c(-c4ccccc4)c(-c4ccc(-c5nc6ccccc6o5)cc4)c(-c4ccc(-c5nc6ccccc6o5)cc4)c3-c3cccc(N4c5ccccc5N(C)c5ccccc54)c3)c2)c2ccccc21. The average Bonchev–Trinajstić information content (AvgIpc) is 0.842. The van der Waals surface area contributed by atoms with Crippen molar-refractivity contribution in [1.29, 1.82) is 0 Å². The molecule has 17 rings (SSSR count). The maximum absolute atomic E-state index is 6.47. The molecule has 0 aliphatic carbocycles. The van der Waals surface area contributed by atoms with Crippen molar-refractivity contribution < 1.29 is 8.83 Å². The molecule has 90 heavy (non-hydrogen) atoms. The van der Waals surface area contributed by atoms with Gasteiger partial charge in [-0.15, -0.1) is 0 Å². The minimum absolute atomic E-state index is 0.562. The molecule has 0 spiro atoms. The number of oxazole rings is 2. The van der Waals surface area contributed by atoms with Crippen LogP contribution in [0.2, 0.25) is 0 Å². The number of anilines is 10. The van der Waals surface area contributed by atoms with Crippen LogP contribution in [0.15, 0.2) is 312 Å². The molecule has 2 aromatic heterocycles. The Kier molecular flexibility index (Phi) is 12.5. The lowest BCUT2D eigenvalue weighted by Gasteiger charge is -2.39. The van der Waals surface area contributed by atoms with E-state index in [4.69, 9.17) is 18.8 Å². The van der Waals surface area contributed by atoms with Gasteiger partial charge < -0.3 is 28.4 Å². The van der Waals surface area contributed by atoms with Crippen LogP contribution < -0.4 is 19.6 Å². The van der Waals surface area contributed by atoms with Crippen molar-refractivity contribution in [2.24, 2.45) is 0 Å². The van der Waals surface area contributed by atoms with E-state index in [1.165, 1.54) is 0 Å². The van der Waals surface area contributed by atoms with Gasteiger partial charge in [0.05, 0.1) is 45.5 Å². The Morgan fingerprint density at radius 2 is 0.500 bits per heavy atom. The van der Waals surface area contributed by atoms with Gasteiger partial charge in [0.2, 0.25) is 11.8 Å². The summed E-state index contributed by atoms with van der Waals surface area (Å²) in [7, 11) is 4.32. The topological polar surface area (TPSA) is 65.0 Å². The molecule has 13 aromatic carbocycles. The minimum atomic E-state index is 0.562. The van der Waals surface area contributed by atoms with Crippen LogP contribution >= 0.6 is 0 Å². The maximum atomic E-state index is 6.47. The Morgan fingerprint density at radius 1 is 0.233 bits per heavy atom. The Labute approximate surface area is 521 Å². The lowest BCUT2D eigenvalue weighted by Crippen LogP contribution is -2.24. The molecule has 0 bridgehead atoms. The molecule has 2 aliphatic heterocycles. The van der Waals surface area contributed by atoms with E-state index >= 15 is 0 Å². The molecule has 0 saturated heterocycles. The Morgan fingerprint density at radius 3 is 0.844 bits per heavy atom. The number of para-hydroxylation sites is 12. The second-order valence-corrected chi connectivity index (χ2v) is 23.0. The van der Waals surface area contributed by atoms with Crippen molar-refractivity contribution in [3.8, 4) is 89.7 Å². The van der Waals surface area contributed by atoms with E-state index in [-0.39, 0.29) is 0 Å². The molecule has 0 N–H and O–H groups in total. The van der Waals surface area contributed by atoms with Gasteiger partial charge in [0.1, 0.15) is 11.0 Å². The predicted molar refractivity (Wildman–Crippen MR) is 371 cm³/mol. The van der Waals surface area contributed by atoms with Gasteiger partial charge in [-0.3, -0.25) is 0 Å². The molecule has 4 heterocycles. The fraction of sp³-hybridized carbons (Fsp3) is 0.0244. The Bertz CT molecular complexity index is 5090. The van der Waals surface area contributed by atoms with Gasteiger partial charge in [0, 0.05) is 36.6 Å². The first-order valence-electron chi connectivity index (χ1n) is 30.4. The first kappa shape index (κ1) is 52.3. The molecular formula is C82H56N6O2. The van der Waals surface area contributed by atoms with E-state index < -0.39 is 0 Å². The monoisotopic (exact) mass is 1160 g/mol. The van der Waals surface area contributed by atoms with Crippen LogP contribution in [-0.2, 0) is 0 Å².